The van der Waals surface area contributed by atoms with Gasteiger partial charge in [-0.1, -0.05) is 18.1 Å². The number of terminal acetylenes is 1. The molecule has 15 heavy (non-hydrogen) atoms. The van der Waals surface area contributed by atoms with Crippen molar-refractivity contribution in [3.8, 4) is 12.3 Å². The van der Waals surface area contributed by atoms with E-state index in [0.29, 0.717) is 13.0 Å². The second kappa shape index (κ2) is 4.46. The minimum atomic E-state index is -0.652. The van der Waals surface area contributed by atoms with Gasteiger partial charge in [0.05, 0.1) is 0 Å². The normalized spacial score (nSPS) is 21.5. The number of halogens is 1. The van der Waals surface area contributed by atoms with Gasteiger partial charge in [-0.05, 0) is 24.1 Å². The SMILES string of the molecule is C#Cc1cccc(CN2CCC(F)C2)c1. The van der Waals surface area contributed by atoms with Gasteiger partial charge in [0.25, 0.3) is 0 Å². The maximum Gasteiger partial charge on any atom is 0.114 e. The quantitative estimate of drug-likeness (QED) is 0.666. The lowest BCUT2D eigenvalue weighted by molar-refractivity contribution is 0.282. The maximum atomic E-state index is 12.9. The van der Waals surface area contributed by atoms with Gasteiger partial charge in [-0.25, -0.2) is 4.39 Å². The molecule has 0 N–H and O–H groups in total. The lowest BCUT2D eigenvalue weighted by atomic mass is 10.1. The fourth-order valence-electron chi connectivity index (χ4n) is 1.95. The van der Waals surface area contributed by atoms with Gasteiger partial charge in [0.15, 0.2) is 0 Å². The van der Waals surface area contributed by atoms with Crippen molar-refractivity contribution < 1.29 is 4.39 Å². The van der Waals surface area contributed by atoms with Crippen molar-refractivity contribution in [3.05, 3.63) is 35.4 Å². The number of alkyl halides is 1. The molecule has 1 heterocycles. The first-order valence-electron chi connectivity index (χ1n) is 5.20. The summed E-state index contributed by atoms with van der Waals surface area (Å²) in [5.74, 6) is 2.61. The molecule has 1 aliphatic heterocycles. The first-order chi connectivity index (χ1) is 7.28. The molecule has 0 amide bonds. The molecule has 0 aliphatic carbocycles. The van der Waals surface area contributed by atoms with Crippen LogP contribution in [0, 0.1) is 12.3 Å². The van der Waals surface area contributed by atoms with E-state index < -0.39 is 6.17 Å². The van der Waals surface area contributed by atoms with Crippen LogP contribution in [-0.4, -0.2) is 24.2 Å². The van der Waals surface area contributed by atoms with Crippen molar-refractivity contribution in [2.24, 2.45) is 0 Å². The summed E-state index contributed by atoms with van der Waals surface area (Å²) in [6, 6.07) is 7.89. The molecule has 0 saturated carbocycles. The largest absolute Gasteiger partial charge is 0.296 e. The summed E-state index contributed by atoms with van der Waals surface area (Å²) in [6.45, 7) is 2.21. The Morgan fingerprint density at radius 2 is 2.40 bits per heavy atom. The zero-order chi connectivity index (χ0) is 10.7. The van der Waals surface area contributed by atoms with Crippen LogP contribution in [0.1, 0.15) is 17.5 Å². The van der Waals surface area contributed by atoms with Crippen molar-refractivity contribution in [1.29, 1.82) is 0 Å². The van der Waals surface area contributed by atoms with Crippen molar-refractivity contribution in [3.63, 3.8) is 0 Å². The van der Waals surface area contributed by atoms with E-state index >= 15 is 0 Å². The summed E-state index contributed by atoms with van der Waals surface area (Å²) in [4.78, 5) is 2.13. The Morgan fingerprint density at radius 1 is 1.53 bits per heavy atom. The van der Waals surface area contributed by atoms with Gasteiger partial charge in [-0.15, -0.1) is 6.42 Å². The molecule has 0 spiro atoms. The fourth-order valence-corrected chi connectivity index (χ4v) is 1.95. The van der Waals surface area contributed by atoms with Gasteiger partial charge in [-0.2, -0.15) is 0 Å². The minimum Gasteiger partial charge on any atom is -0.296 e. The molecule has 1 aliphatic rings. The lowest BCUT2D eigenvalue weighted by Crippen LogP contribution is -2.20. The van der Waals surface area contributed by atoms with Crippen LogP contribution in [0.4, 0.5) is 4.39 Å². The fraction of sp³-hybridized carbons (Fsp3) is 0.385. The molecular formula is C13H14FN. The molecule has 2 rings (SSSR count). The third-order valence-corrected chi connectivity index (χ3v) is 2.71. The number of benzene rings is 1. The van der Waals surface area contributed by atoms with E-state index in [1.165, 1.54) is 5.56 Å². The van der Waals surface area contributed by atoms with Crippen LogP contribution in [0.25, 0.3) is 0 Å². The van der Waals surface area contributed by atoms with Crippen molar-refractivity contribution in [1.82, 2.24) is 4.90 Å². The van der Waals surface area contributed by atoms with Gasteiger partial charge < -0.3 is 0 Å². The molecule has 1 fully saturated rings. The average Bonchev–Trinajstić information content (AvgIpc) is 2.64. The van der Waals surface area contributed by atoms with E-state index in [-0.39, 0.29) is 0 Å². The summed E-state index contributed by atoms with van der Waals surface area (Å²) in [7, 11) is 0. The number of hydrogen-bond donors (Lipinski definition) is 0. The van der Waals surface area contributed by atoms with Crippen LogP contribution in [0.15, 0.2) is 24.3 Å². The monoisotopic (exact) mass is 203 g/mol. The van der Waals surface area contributed by atoms with Gasteiger partial charge in [-0.3, -0.25) is 4.90 Å². The zero-order valence-corrected chi connectivity index (χ0v) is 8.62. The average molecular weight is 203 g/mol. The predicted octanol–water partition coefficient (Wildman–Crippen LogP) is 2.21. The van der Waals surface area contributed by atoms with E-state index in [1.807, 2.05) is 24.3 Å². The van der Waals surface area contributed by atoms with Crippen LogP contribution in [0.5, 0.6) is 0 Å². The standard InChI is InChI=1S/C13H14FN/c1-2-11-4-3-5-12(8-11)9-15-7-6-13(14)10-15/h1,3-5,8,13H,6-7,9-10H2. The second-order valence-corrected chi connectivity index (χ2v) is 3.97. The van der Waals surface area contributed by atoms with Crippen LogP contribution in [-0.2, 0) is 6.54 Å². The van der Waals surface area contributed by atoms with E-state index in [2.05, 4.69) is 10.8 Å². The third-order valence-electron chi connectivity index (χ3n) is 2.71. The molecule has 78 valence electrons. The van der Waals surface area contributed by atoms with Crippen molar-refractivity contribution in [2.45, 2.75) is 19.1 Å². The molecule has 0 aromatic heterocycles. The molecule has 1 aromatic carbocycles. The molecule has 1 aromatic rings. The van der Waals surface area contributed by atoms with Crippen LogP contribution in [0.3, 0.4) is 0 Å². The molecule has 2 heteroatoms. The molecule has 1 saturated heterocycles. The smallest absolute Gasteiger partial charge is 0.114 e. The van der Waals surface area contributed by atoms with E-state index in [0.717, 1.165) is 18.7 Å². The third kappa shape index (κ3) is 2.57. The minimum absolute atomic E-state index is 0.556. The Kier molecular flexibility index (Phi) is 3.03. The Balaban J connectivity index is 2.02. The summed E-state index contributed by atoms with van der Waals surface area (Å²) < 4.78 is 12.9. The van der Waals surface area contributed by atoms with Gasteiger partial charge >= 0.3 is 0 Å². The van der Waals surface area contributed by atoms with Crippen LogP contribution >= 0.6 is 0 Å². The second-order valence-electron chi connectivity index (χ2n) is 3.97. The molecule has 0 bridgehead atoms. The van der Waals surface area contributed by atoms with Gasteiger partial charge in [0, 0.05) is 25.2 Å². The summed E-state index contributed by atoms with van der Waals surface area (Å²) in [5, 5.41) is 0. The first-order valence-corrected chi connectivity index (χ1v) is 5.20. The molecule has 0 radical (unpaired) electrons. The highest BCUT2D eigenvalue weighted by Crippen LogP contribution is 2.16. The van der Waals surface area contributed by atoms with E-state index in [9.17, 15) is 4.39 Å². The summed E-state index contributed by atoms with van der Waals surface area (Å²) in [6.07, 6.45) is 5.33. The van der Waals surface area contributed by atoms with E-state index in [1.54, 1.807) is 0 Å². The summed E-state index contributed by atoms with van der Waals surface area (Å²) in [5.41, 5.74) is 2.06. The Morgan fingerprint density at radius 3 is 3.07 bits per heavy atom. The highest BCUT2D eigenvalue weighted by molar-refractivity contribution is 5.35. The maximum absolute atomic E-state index is 12.9. The number of nitrogens with zero attached hydrogens (tertiary/aromatic N) is 1. The highest BCUT2D eigenvalue weighted by atomic mass is 19.1. The molecule has 1 unspecified atom stereocenters. The van der Waals surface area contributed by atoms with Crippen molar-refractivity contribution in [2.75, 3.05) is 13.1 Å². The summed E-state index contributed by atoms with van der Waals surface area (Å²) >= 11 is 0. The number of hydrogen-bond acceptors (Lipinski definition) is 1. The molecule has 1 atom stereocenters. The van der Waals surface area contributed by atoms with Gasteiger partial charge in [0.2, 0.25) is 0 Å². The molecule has 1 nitrogen and oxygen atoms in total. The van der Waals surface area contributed by atoms with Crippen LogP contribution in [0.2, 0.25) is 0 Å². The highest BCUT2D eigenvalue weighted by Gasteiger charge is 2.21. The number of likely N-dealkylation sites (tertiary alicyclic amines) is 1. The van der Waals surface area contributed by atoms with Crippen LogP contribution < -0.4 is 0 Å². The topological polar surface area (TPSA) is 3.24 Å². The molecular weight excluding hydrogens is 189 g/mol. The van der Waals surface area contributed by atoms with E-state index in [4.69, 9.17) is 6.42 Å². The first kappa shape index (κ1) is 10.2. The zero-order valence-electron chi connectivity index (χ0n) is 8.62. The van der Waals surface area contributed by atoms with Gasteiger partial charge in [0.1, 0.15) is 6.17 Å². The Hall–Kier alpha value is -1.33. The van der Waals surface area contributed by atoms with Crippen molar-refractivity contribution >= 4 is 0 Å². The Bertz CT molecular complexity index is 380. The predicted molar refractivity (Wildman–Crippen MR) is 59.2 cm³/mol. The lowest BCUT2D eigenvalue weighted by Gasteiger charge is -2.14. The number of rotatable bonds is 2. The Labute approximate surface area is 89.9 Å².